The van der Waals surface area contributed by atoms with E-state index in [0.29, 0.717) is 0 Å². The predicted molar refractivity (Wildman–Crippen MR) is 150 cm³/mol. The van der Waals surface area contributed by atoms with Crippen molar-refractivity contribution < 1.29 is 0 Å². The lowest BCUT2D eigenvalue weighted by Crippen LogP contribution is -1.66. The smallest absolute Gasteiger partial charge is 0.0500 e. The van der Waals surface area contributed by atoms with Crippen molar-refractivity contribution >= 4 is 0 Å². The first-order chi connectivity index (χ1) is 12.1. The third-order valence-electron chi connectivity index (χ3n) is 0. The van der Waals surface area contributed by atoms with Crippen LogP contribution in [0.4, 0.5) is 0 Å². The average Bonchev–Trinajstić information content (AvgIpc) is 2.20. The third kappa shape index (κ3) is 0. The van der Waals surface area contributed by atoms with Gasteiger partial charge in [-0.1, -0.05) is 153 Å². The molecule has 0 aromatic rings. The fourth-order valence-electron chi connectivity index (χ4n) is 0. The zero-order valence-corrected chi connectivity index (χ0v) is 25.0. The van der Waals surface area contributed by atoms with Crippen LogP contribution in [-0.2, 0) is 0 Å². The van der Waals surface area contributed by atoms with E-state index in [2.05, 4.69) is 145 Å². The molecule has 0 aliphatic carbocycles. The molecule has 0 aromatic heterocycles. The monoisotopic (exact) mass is 423 g/mol. The van der Waals surface area contributed by atoms with Gasteiger partial charge >= 0.3 is 0 Å². The van der Waals surface area contributed by atoms with E-state index in [1.165, 1.54) is 0 Å². The summed E-state index contributed by atoms with van der Waals surface area (Å²) in [5.74, 6) is 5.83. The van der Waals surface area contributed by atoms with Crippen molar-refractivity contribution in [1.82, 2.24) is 0 Å². The fourth-order valence-corrected chi connectivity index (χ4v) is 0. The Bertz CT molecular complexity index is 92.2. The maximum Gasteiger partial charge on any atom is -0.0500 e. The Morgan fingerprint density at radius 1 is 0.172 bits per heavy atom. The summed E-state index contributed by atoms with van der Waals surface area (Å²) in [6.07, 6.45) is 0. The minimum Gasteiger partial charge on any atom is -0.0776 e. The van der Waals surface area contributed by atoms with Crippen molar-refractivity contribution in [1.29, 1.82) is 0 Å². The molecule has 0 saturated heterocycles. The van der Waals surface area contributed by atoms with E-state index in [0.717, 1.165) is 41.4 Å². The Labute approximate surface area is 194 Å². The molecule has 0 spiro atoms. The molecule has 0 amide bonds. The Balaban J connectivity index is -0.0000000294. The van der Waals surface area contributed by atoms with Gasteiger partial charge in [-0.3, -0.25) is 0 Å². The maximum absolute atomic E-state index is 2.17. The molecular weight excluding hydrogens is 348 g/mol. The highest BCUT2D eigenvalue weighted by molar-refractivity contribution is 4.22. The van der Waals surface area contributed by atoms with Crippen LogP contribution in [0.2, 0.25) is 0 Å². The molecule has 0 bridgehead atoms. The molecule has 0 aliphatic heterocycles. The van der Waals surface area contributed by atoms with Gasteiger partial charge in [0.1, 0.15) is 0 Å². The Kier molecular flexibility index (Phi) is 82.3. The summed E-state index contributed by atoms with van der Waals surface area (Å²) in [7, 11) is 0. The van der Waals surface area contributed by atoms with Gasteiger partial charge in [-0.25, -0.2) is 0 Å². The Hall–Kier alpha value is 0. The molecule has 0 fully saturated rings. The molecule has 0 aliphatic rings. The Morgan fingerprint density at radius 3 is 0.172 bits per heavy atom. The lowest BCUT2D eigenvalue weighted by Gasteiger charge is -1.79. The molecule has 0 N–H and O–H groups in total. The molecule has 190 valence electrons. The SMILES string of the molecule is C.CC(C)C.CC(C)C.CC(C)C.CC(C)C.CC(C)C.CC(C)C.CC(C)C. The fraction of sp³-hybridized carbons (Fsp3) is 1.00. The first-order valence-corrected chi connectivity index (χ1v) is 12.1. The van der Waals surface area contributed by atoms with Crippen LogP contribution in [0.25, 0.3) is 0 Å². The first-order valence-electron chi connectivity index (χ1n) is 12.1. The van der Waals surface area contributed by atoms with Crippen molar-refractivity contribution in [2.45, 2.75) is 153 Å². The van der Waals surface area contributed by atoms with E-state index < -0.39 is 0 Å². The highest BCUT2D eigenvalue weighted by atomic mass is 13.8. The molecule has 0 radical (unpaired) electrons. The second kappa shape index (κ2) is 46.3. The highest BCUT2D eigenvalue weighted by Crippen LogP contribution is 1.83. The average molecular weight is 423 g/mol. The zero-order valence-electron chi connectivity index (χ0n) is 25.0. The number of hydrogen-bond acceptors (Lipinski definition) is 0. The lowest BCUT2D eigenvalue weighted by atomic mass is 10.3. The van der Waals surface area contributed by atoms with Crippen LogP contribution in [0.5, 0.6) is 0 Å². The van der Waals surface area contributed by atoms with E-state index in [4.69, 9.17) is 0 Å². The molecule has 29 heavy (non-hydrogen) atoms. The van der Waals surface area contributed by atoms with Crippen LogP contribution in [0.1, 0.15) is 153 Å². The summed E-state index contributed by atoms with van der Waals surface area (Å²) in [4.78, 5) is 0. The van der Waals surface area contributed by atoms with Gasteiger partial charge in [0.05, 0.1) is 0 Å². The van der Waals surface area contributed by atoms with E-state index in [1.807, 2.05) is 0 Å². The lowest BCUT2D eigenvalue weighted by molar-refractivity contribution is 0.736. The van der Waals surface area contributed by atoms with Crippen LogP contribution in [-0.4, -0.2) is 0 Å². The molecular formula is C29H74. The van der Waals surface area contributed by atoms with Crippen LogP contribution in [0.15, 0.2) is 0 Å². The minimum absolute atomic E-state index is 0. The summed E-state index contributed by atoms with van der Waals surface area (Å²) >= 11 is 0. The van der Waals surface area contributed by atoms with Crippen LogP contribution in [0.3, 0.4) is 0 Å². The number of rotatable bonds is 0. The van der Waals surface area contributed by atoms with Gasteiger partial charge < -0.3 is 0 Å². The third-order valence-corrected chi connectivity index (χ3v) is 0. The molecule has 0 aromatic carbocycles. The summed E-state index contributed by atoms with van der Waals surface area (Å²) in [6.45, 7) is 45.5. The quantitative estimate of drug-likeness (QED) is 0.364. The van der Waals surface area contributed by atoms with Crippen LogP contribution >= 0.6 is 0 Å². The van der Waals surface area contributed by atoms with Crippen LogP contribution in [0, 0.1) is 41.4 Å². The predicted octanol–water partition coefficient (Wildman–Crippen LogP) is 12.3. The summed E-state index contributed by atoms with van der Waals surface area (Å²) < 4.78 is 0. The van der Waals surface area contributed by atoms with E-state index in [-0.39, 0.29) is 7.43 Å². The van der Waals surface area contributed by atoms with Crippen molar-refractivity contribution in [2.24, 2.45) is 41.4 Å². The minimum atomic E-state index is 0. The van der Waals surface area contributed by atoms with Gasteiger partial charge in [-0.15, -0.1) is 0 Å². The molecule has 0 saturated carbocycles. The van der Waals surface area contributed by atoms with Crippen molar-refractivity contribution in [3.8, 4) is 0 Å². The first kappa shape index (κ1) is 51.6. The molecule has 0 rings (SSSR count). The van der Waals surface area contributed by atoms with E-state index in [9.17, 15) is 0 Å². The van der Waals surface area contributed by atoms with Gasteiger partial charge in [0, 0.05) is 0 Å². The molecule has 0 unspecified atom stereocenters. The maximum atomic E-state index is 2.17. The van der Waals surface area contributed by atoms with Gasteiger partial charge in [0.2, 0.25) is 0 Å². The standard InChI is InChI=1S/7C4H10.CH4/c7*1-4(2)3;/h7*4H,1-3H3;1H4. The number of hydrogen-bond donors (Lipinski definition) is 0. The van der Waals surface area contributed by atoms with E-state index in [1.54, 1.807) is 0 Å². The molecule has 0 heteroatoms. The highest BCUT2D eigenvalue weighted by Gasteiger charge is 1.70. The van der Waals surface area contributed by atoms with Crippen molar-refractivity contribution in [3.63, 3.8) is 0 Å². The van der Waals surface area contributed by atoms with Crippen molar-refractivity contribution in [2.75, 3.05) is 0 Å². The Morgan fingerprint density at radius 2 is 0.172 bits per heavy atom. The second-order valence-electron chi connectivity index (χ2n) is 12.1. The summed E-state index contributed by atoms with van der Waals surface area (Å²) in [5.41, 5.74) is 0. The van der Waals surface area contributed by atoms with Gasteiger partial charge in [0.15, 0.2) is 0 Å². The van der Waals surface area contributed by atoms with Gasteiger partial charge in [0.25, 0.3) is 0 Å². The van der Waals surface area contributed by atoms with Crippen LogP contribution < -0.4 is 0 Å². The van der Waals surface area contributed by atoms with Gasteiger partial charge in [-0.05, 0) is 41.4 Å². The zero-order chi connectivity index (χ0) is 25.0. The van der Waals surface area contributed by atoms with Gasteiger partial charge in [-0.2, -0.15) is 0 Å². The molecule has 0 atom stereocenters. The topological polar surface area (TPSA) is 0 Å². The van der Waals surface area contributed by atoms with Crippen molar-refractivity contribution in [3.05, 3.63) is 0 Å². The summed E-state index contributed by atoms with van der Waals surface area (Å²) in [5, 5.41) is 0. The second-order valence-corrected chi connectivity index (χ2v) is 12.1. The largest absolute Gasteiger partial charge is 0.0776 e. The summed E-state index contributed by atoms with van der Waals surface area (Å²) in [6, 6.07) is 0. The molecule has 0 heterocycles. The normalized spacial score (nSPS) is 8.69. The van der Waals surface area contributed by atoms with E-state index >= 15 is 0 Å². The molecule has 0 nitrogen and oxygen atoms in total.